The minimum Gasteiger partial charge on any atom is -0.441 e. The fourth-order valence-corrected chi connectivity index (χ4v) is 4.95. The molecule has 0 aliphatic carbocycles. The second-order valence-corrected chi connectivity index (χ2v) is 9.11. The van der Waals surface area contributed by atoms with Crippen LogP contribution in [0.15, 0.2) is 36.4 Å². The molecule has 0 saturated carbocycles. The van der Waals surface area contributed by atoms with E-state index in [9.17, 15) is 27.9 Å². The van der Waals surface area contributed by atoms with Gasteiger partial charge < -0.3 is 20.1 Å². The number of amides is 3. The van der Waals surface area contributed by atoms with Gasteiger partial charge in [-0.3, -0.25) is 0 Å². The van der Waals surface area contributed by atoms with Crippen molar-refractivity contribution in [2.75, 3.05) is 32.8 Å². The van der Waals surface area contributed by atoms with Crippen LogP contribution in [0.25, 0.3) is 4.85 Å². The molecular formula is C26H27F3N4O4. The van der Waals surface area contributed by atoms with Crippen molar-refractivity contribution in [3.63, 3.8) is 0 Å². The first-order valence-corrected chi connectivity index (χ1v) is 12.0. The number of aliphatic hydroxyl groups excluding tert-OH is 1. The maximum atomic E-state index is 13.8. The second kappa shape index (κ2) is 11.6. The summed E-state index contributed by atoms with van der Waals surface area (Å²) in [5.74, 6) is -2.43. The van der Waals surface area contributed by atoms with E-state index in [1.165, 1.54) is 18.2 Å². The number of aliphatic hydroxyl groups is 1. The molecule has 0 aromatic heterocycles. The predicted octanol–water partition coefficient (Wildman–Crippen LogP) is 4.49. The van der Waals surface area contributed by atoms with Gasteiger partial charge in [0.25, 0.3) is 0 Å². The fraction of sp³-hybridized carbons (Fsp3) is 0.423. The number of ether oxygens (including phenoxy) is 1. The number of carbonyl (C=O) groups is 2. The van der Waals surface area contributed by atoms with Crippen molar-refractivity contribution in [1.29, 1.82) is 0 Å². The van der Waals surface area contributed by atoms with E-state index in [4.69, 9.17) is 11.3 Å². The van der Waals surface area contributed by atoms with Gasteiger partial charge in [-0.05, 0) is 80.2 Å². The lowest BCUT2D eigenvalue weighted by Crippen LogP contribution is -2.44. The Balaban J connectivity index is 1.27. The molecule has 2 aliphatic rings. The highest BCUT2D eigenvalue weighted by atomic mass is 19.2. The summed E-state index contributed by atoms with van der Waals surface area (Å²) in [4.78, 5) is 31.6. The first-order valence-electron chi connectivity index (χ1n) is 12.0. The monoisotopic (exact) mass is 516 g/mol. The van der Waals surface area contributed by atoms with Crippen molar-refractivity contribution in [1.82, 2.24) is 15.1 Å². The van der Waals surface area contributed by atoms with Crippen molar-refractivity contribution < 1.29 is 32.6 Å². The van der Waals surface area contributed by atoms with Crippen LogP contribution in [0.5, 0.6) is 0 Å². The molecule has 0 radical (unpaired) electrons. The van der Waals surface area contributed by atoms with E-state index in [1.807, 2.05) is 0 Å². The highest BCUT2D eigenvalue weighted by Gasteiger charge is 2.46. The zero-order valence-corrected chi connectivity index (χ0v) is 20.0. The van der Waals surface area contributed by atoms with Crippen molar-refractivity contribution in [3.8, 4) is 0 Å². The number of hydrogen-bond acceptors (Lipinski definition) is 5. The summed E-state index contributed by atoms with van der Waals surface area (Å²) in [6, 6.07) is 5.50. The Kier molecular flexibility index (Phi) is 8.31. The summed E-state index contributed by atoms with van der Waals surface area (Å²) in [6.45, 7) is 9.25. The summed E-state index contributed by atoms with van der Waals surface area (Å²) < 4.78 is 45.6. The van der Waals surface area contributed by atoms with Crippen LogP contribution in [-0.2, 0) is 4.74 Å². The van der Waals surface area contributed by atoms with Crippen molar-refractivity contribution in [2.45, 2.75) is 37.3 Å². The summed E-state index contributed by atoms with van der Waals surface area (Å²) in [6.07, 6.45) is 0.182. The average molecular weight is 517 g/mol. The zero-order chi connectivity index (χ0) is 26.5. The molecule has 2 aliphatic heterocycles. The Morgan fingerprint density at radius 2 is 1.89 bits per heavy atom. The number of hydrogen-bond donors (Lipinski definition) is 2. The van der Waals surface area contributed by atoms with Crippen LogP contribution in [0.2, 0.25) is 0 Å². The highest BCUT2D eigenvalue weighted by Crippen LogP contribution is 2.35. The van der Waals surface area contributed by atoms with Gasteiger partial charge in [-0.1, -0.05) is 12.1 Å². The number of carbonyl (C=O) groups excluding carboxylic acids is 2. The topological polar surface area (TPSA) is 86.5 Å². The first kappa shape index (κ1) is 26.4. The molecule has 3 amide bonds. The summed E-state index contributed by atoms with van der Waals surface area (Å²) >= 11 is 0. The molecule has 0 spiro atoms. The maximum absolute atomic E-state index is 13.8. The molecular weight excluding hydrogens is 489 g/mol. The zero-order valence-electron chi connectivity index (χ0n) is 20.0. The largest absolute Gasteiger partial charge is 0.441 e. The van der Waals surface area contributed by atoms with Gasteiger partial charge in [0.05, 0.1) is 13.2 Å². The van der Waals surface area contributed by atoms with E-state index in [2.05, 4.69) is 15.1 Å². The SMILES string of the molecule is [C-]#[N+]c1cc(F)ccc1C1CCN(CCCNC(=O)N2C(=O)OC(CO)C2c2ccc(F)c(F)c2)CC1. The van der Waals surface area contributed by atoms with E-state index in [0.717, 1.165) is 48.5 Å². The van der Waals surface area contributed by atoms with E-state index < -0.39 is 48.3 Å². The molecule has 2 fully saturated rings. The smallest absolute Gasteiger partial charge is 0.419 e. The standard InChI is InChI=1S/C26H27F3N4O4/c1-30-22-14-18(27)4-5-19(22)16-7-11-32(12-8-16)10-2-9-31-25(35)33-24(23(15-34)37-26(33)36)17-3-6-20(28)21(29)13-17/h3-6,13-14,16,23-24,34H,2,7-12,15H2,(H,31,35). The Morgan fingerprint density at radius 1 is 1.14 bits per heavy atom. The number of nitrogens with one attached hydrogen (secondary N) is 1. The molecule has 0 bridgehead atoms. The molecule has 2 heterocycles. The van der Waals surface area contributed by atoms with Gasteiger partial charge >= 0.3 is 12.1 Å². The highest BCUT2D eigenvalue weighted by molar-refractivity contribution is 5.93. The number of urea groups is 1. The van der Waals surface area contributed by atoms with Crippen LogP contribution in [-0.4, -0.2) is 65.9 Å². The van der Waals surface area contributed by atoms with Crippen molar-refractivity contribution in [2.24, 2.45) is 0 Å². The molecule has 11 heteroatoms. The minimum absolute atomic E-state index is 0.129. The molecule has 2 unspecified atom stereocenters. The van der Waals surface area contributed by atoms with Gasteiger partial charge in [-0.2, -0.15) is 0 Å². The summed E-state index contributed by atoms with van der Waals surface area (Å²) in [5, 5.41) is 12.3. The second-order valence-electron chi connectivity index (χ2n) is 9.11. The molecule has 2 aromatic carbocycles. The van der Waals surface area contributed by atoms with Gasteiger partial charge in [0.2, 0.25) is 0 Å². The number of nitrogens with zero attached hydrogens (tertiary/aromatic N) is 3. The van der Waals surface area contributed by atoms with Crippen LogP contribution in [0.3, 0.4) is 0 Å². The third-order valence-corrected chi connectivity index (χ3v) is 6.83. The quantitative estimate of drug-likeness (QED) is 0.419. The third-order valence-electron chi connectivity index (χ3n) is 6.83. The molecule has 2 N–H and O–H groups in total. The van der Waals surface area contributed by atoms with Crippen LogP contribution in [0, 0.1) is 24.0 Å². The number of piperidine rings is 1. The van der Waals surface area contributed by atoms with Gasteiger partial charge in [0.1, 0.15) is 11.9 Å². The number of imide groups is 1. The number of halogens is 3. The van der Waals surface area contributed by atoms with Crippen LogP contribution in [0.1, 0.15) is 42.3 Å². The number of cyclic esters (lactones) is 1. The Morgan fingerprint density at radius 3 is 2.57 bits per heavy atom. The number of likely N-dealkylation sites (tertiary alicyclic amines) is 1. The van der Waals surface area contributed by atoms with Gasteiger partial charge in [0, 0.05) is 6.54 Å². The molecule has 8 nitrogen and oxygen atoms in total. The Bertz CT molecular complexity index is 1200. The maximum Gasteiger partial charge on any atom is 0.419 e. The van der Waals surface area contributed by atoms with E-state index in [-0.39, 0.29) is 18.0 Å². The lowest BCUT2D eigenvalue weighted by molar-refractivity contribution is 0.0827. The fourth-order valence-electron chi connectivity index (χ4n) is 4.95. The van der Waals surface area contributed by atoms with E-state index >= 15 is 0 Å². The number of rotatable bonds is 7. The van der Waals surface area contributed by atoms with Gasteiger partial charge in [-0.15, -0.1) is 0 Å². The Hall–Kier alpha value is -3.62. The molecule has 2 saturated heterocycles. The van der Waals surface area contributed by atoms with Crippen LogP contribution < -0.4 is 5.32 Å². The van der Waals surface area contributed by atoms with Gasteiger partial charge in [0.15, 0.2) is 23.4 Å². The first-order chi connectivity index (χ1) is 17.8. The van der Waals surface area contributed by atoms with E-state index in [0.29, 0.717) is 18.7 Å². The third kappa shape index (κ3) is 5.87. The van der Waals surface area contributed by atoms with Crippen LogP contribution >= 0.6 is 0 Å². The molecule has 2 aromatic rings. The van der Waals surface area contributed by atoms with Crippen molar-refractivity contribution >= 4 is 17.8 Å². The van der Waals surface area contributed by atoms with Crippen LogP contribution in [0.4, 0.5) is 28.4 Å². The summed E-state index contributed by atoms with van der Waals surface area (Å²) in [7, 11) is 0. The molecule has 2 atom stereocenters. The van der Waals surface area contributed by atoms with Crippen molar-refractivity contribution in [3.05, 3.63) is 76.4 Å². The lowest BCUT2D eigenvalue weighted by atomic mass is 9.88. The Labute approximate surface area is 212 Å². The normalized spacial score (nSPS) is 20.5. The average Bonchev–Trinajstić information content (AvgIpc) is 3.24. The summed E-state index contributed by atoms with van der Waals surface area (Å²) in [5.41, 5.74) is 1.36. The minimum atomic E-state index is -1.14. The molecule has 196 valence electrons. The number of benzene rings is 2. The molecule has 37 heavy (non-hydrogen) atoms. The van der Waals surface area contributed by atoms with E-state index in [1.54, 1.807) is 6.07 Å². The van der Waals surface area contributed by atoms with Gasteiger partial charge in [-0.25, -0.2) is 32.5 Å². The lowest BCUT2D eigenvalue weighted by Gasteiger charge is -2.32. The molecule has 4 rings (SSSR count). The predicted molar refractivity (Wildman–Crippen MR) is 127 cm³/mol.